The third-order valence-electron chi connectivity index (χ3n) is 3.97. The Hall–Kier alpha value is -2.19. The Morgan fingerprint density at radius 3 is 2.67 bits per heavy atom. The van der Waals surface area contributed by atoms with E-state index >= 15 is 0 Å². The Kier molecular flexibility index (Phi) is 3.98. The van der Waals surface area contributed by atoms with E-state index in [0.717, 1.165) is 12.1 Å². The standard InChI is InChI=1S/C19H20N2/c1-14-7-3-4-11-18(14)15(2)21-13-17-9-5-8-16-10-6-12-20-19(16)17/h3-12,15,21H,13H2,1-2H3. The number of hydrogen-bond donors (Lipinski definition) is 1. The SMILES string of the molecule is Cc1ccccc1C(C)NCc1cccc2cccnc12. The number of nitrogens with zero attached hydrogens (tertiary/aromatic N) is 1. The molecule has 2 aromatic carbocycles. The van der Waals surface area contributed by atoms with Gasteiger partial charge in [0.25, 0.3) is 0 Å². The highest BCUT2D eigenvalue weighted by Crippen LogP contribution is 2.19. The van der Waals surface area contributed by atoms with E-state index in [2.05, 4.69) is 72.7 Å². The van der Waals surface area contributed by atoms with E-state index in [1.165, 1.54) is 22.1 Å². The van der Waals surface area contributed by atoms with Crippen LogP contribution in [0.5, 0.6) is 0 Å². The van der Waals surface area contributed by atoms with E-state index in [1.807, 2.05) is 12.3 Å². The highest BCUT2D eigenvalue weighted by Gasteiger charge is 2.08. The van der Waals surface area contributed by atoms with E-state index in [0.29, 0.717) is 6.04 Å². The molecule has 0 radical (unpaired) electrons. The van der Waals surface area contributed by atoms with Crippen LogP contribution >= 0.6 is 0 Å². The third-order valence-corrected chi connectivity index (χ3v) is 3.97. The van der Waals surface area contributed by atoms with Gasteiger partial charge in [0.2, 0.25) is 0 Å². The van der Waals surface area contributed by atoms with Crippen molar-refractivity contribution in [2.45, 2.75) is 26.4 Å². The summed E-state index contributed by atoms with van der Waals surface area (Å²) in [6.07, 6.45) is 1.86. The number of aryl methyl sites for hydroxylation is 1. The van der Waals surface area contributed by atoms with Gasteiger partial charge in [-0.2, -0.15) is 0 Å². The first-order valence-corrected chi connectivity index (χ1v) is 7.37. The second kappa shape index (κ2) is 6.06. The Morgan fingerprint density at radius 1 is 1.00 bits per heavy atom. The first-order chi connectivity index (χ1) is 10.3. The summed E-state index contributed by atoms with van der Waals surface area (Å²) in [7, 11) is 0. The highest BCUT2D eigenvalue weighted by atomic mass is 14.9. The molecule has 1 unspecified atom stereocenters. The molecule has 0 aliphatic carbocycles. The lowest BCUT2D eigenvalue weighted by atomic mass is 10.0. The first kappa shape index (κ1) is 13.8. The quantitative estimate of drug-likeness (QED) is 0.764. The van der Waals surface area contributed by atoms with Crippen LogP contribution in [0.2, 0.25) is 0 Å². The molecule has 0 saturated carbocycles. The van der Waals surface area contributed by atoms with E-state index in [-0.39, 0.29) is 0 Å². The summed E-state index contributed by atoms with van der Waals surface area (Å²) in [6.45, 7) is 5.19. The predicted molar refractivity (Wildman–Crippen MR) is 88.2 cm³/mol. The van der Waals surface area contributed by atoms with E-state index < -0.39 is 0 Å². The average Bonchev–Trinajstić information content (AvgIpc) is 2.53. The van der Waals surface area contributed by atoms with Crippen LogP contribution < -0.4 is 5.32 Å². The van der Waals surface area contributed by atoms with Gasteiger partial charge in [-0.25, -0.2) is 0 Å². The van der Waals surface area contributed by atoms with Gasteiger partial charge in [-0.1, -0.05) is 48.5 Å². The van der Waals surface area contributed by atoms with Gasteiger partial charge in [-0.05, 0) is 36.6 Å². The first-order valence-electron chi connectivity index (χ1n) is 7.37. The van der Waals surface area contributed by atoms with Crippen LogP contribution in [0.1, 0.15) is 29.7 Å². The van der Waals surface area contributed by atoms with Crippen molar-refractivity contribution in [3.8, 4) is 0 Å². The molecule has 3 rings (SSSR count). The maximum Gasteiger partial charge on any atom is 0.0746 e. The zero-order chi connectivity index (χ0) is 14.7. The van der Waals surface area contributed by atoms with Crippen molar-refractivity contribution in [1.29, 1.82) is 0 Å². The van der Waals surface area contributed by atoms with Crippen LogP contribution in [0.4, 0.5) is 0 Å². The van der Waals surface area contributed by atoms with Crippen molar-refractivity contribution < 1.29 is 0 Å². The number of rotatable bonds is 4. The second-order valence-electron chi connectivity index (χ2n) is 5.45. The van der Waals surface area contributed by atoms with Gasteiger partial charge in [-0.3, -0.25) is 4.98 Å². The largest absolute Gasteiger partial charge is 0.306 e. The number of nitrogens with one attached hydrogen (secondary N) is 1. The van der Waals surface area contributed by atoms with Gasteiger partial charge in [0.15, 0.2) is 0 Å². The fraction of sp³-hybridized carbons (Fsp3) is 0.211. The molecular formula is C19H20N2. The van der Waals surface area contributed by atoms with Crippen LogP contribution in [-0.4, -0.2) is 4.98 Å². The van der Waals surface area contributed by atoms with E-state index in [1.54, 1.807) is 0 Å². The highest BCUT2D eigenvalue weighted by molar-refractivity contribution is 5.81. The molecule has 3 aromatic rings. The Balaban J connectivity index is 1.79. The Morgan fingerprint density at radius 2 is 1.81 bits per heavy atom. The molecule has 21 heavy (non-hydrogen) atoms. The Bertz CT molecular complexity index is 744. The third kappa shape index (κ3) is 2.96. The summed E-state index contributed by atoms with van der Waals surface area (Å²) < 4.78 is 0. The minimum atomic E-state index is 0.324. The molecule has 0 bridgehead atoms. The molecule has 1 atom stereocenters. The molecule has 1 aromatic heterocycles. The summed E-state index contributed by atoms with van der Waals surface area (Å²) in [6, 6.07) is 19.3. The topological polar surface area (TPSA) is 24.9 Å². The minimum absolute atomic E-state index is 0.324. The zero-order valence-electron chi connectivity index (χ0n) is 12.5. The average molecular weight is 276 g/mol. The number of aromatic nitrogens is 1. The van der Waals surface area contributed by atoms with Crippen LogP contribution in [-0.2, 0) is 6.54 Å². The smallest absolute Gasteiger partial charge is 0.0746 e. The van der Waals surface area contributed by atoms with Crippen LogP contribution in [0, 0.1) is 6.92 Å². The molecule has 1 N–H and O–H groups in total. The molecule has 0 spiro atoms. The molecule has 0 saturated heterocycles. The molecule has 2 nitrogen and oxygen atoms in total. The number of benzene rings is 2. The summed E-state index contributed by atoms with van der Waals surface area (Å²) in [5.74, 6) is 0. The number of para-hydroxylation sites is 1. The number of fused-ring (bicyclic) bond motifs is 1. The Labute approximate surface area is 125 Å². The molecule has 0 amide bonds. The maximum absolute atomic E-state index is 4.51. The van der Waals surface area contributed by atoms with Crippen molar-refractivity contribution >= 4 is 10.9 Å². The monoisotopic (exact) mass is 276 g/mol. The van der Waals surface area contributed by atoms with Crippen LogP contribution in [0.3, 0.4) is 0 Å². The molecular weight excluding hydrogens is 256 g/mol. The summed E-state index contributed by atoms with van der Waals surface area (Å²) in [4.78, 5) is 4.51. The fourth-order valence-electron chi connectivity index (χ4n) is 2.76. The van der Waals surface area contributed by atoms with Crippen molar-refractivity contribution in [3.05, 3.63) is 77.5 Å². The van der Waals surface area contributed by atoms with Gasteiger partial charge in [0.05, 0.1) is 5.52 Å². The molecule has 0 fully saturated rings. The lowest BCUT2D eigenvalue weighted by Gasteiger charge is -2.17. The molecule has 0 aliphatic rings. The molecule has 2 heteroatoms. The lowest BCUT2D eigenvalue weighted by Crippen LogP contribution is -2.19. The van der Waals surface area contributed by atoms with E-state index in [9.17, 15) is 0 Å². The molecule has 1 heterocycles. The lowest BCUT2D eigenvalue weighted by molar-refractivity contribution is 0.573. The number of pyridine rings is 1. The van der Waals surface area contributed by atoms with Crippen LogP contribution in [0.25, 0.3) is 10.9 Å². The second-order valence-corrected chi connectivity index (χ2v) is 5.45. The van der Waals surface area contributed by atoms with Crippen molar-refractivity contribution in [2.75, 3.05) is 0 Å². The summed E-state index contributed by atoms with van der Waals surface area (Å²) in [5.41, 5.74) is 5.01. The summed E-state index contributed by atoms with van der Waals surface area (Å²) >= 11 is 0. The van der Waals surface area contributed by atoms with E-state index in [4.69, 9.17) is 0 Å². The van der Waals surface area contributed by atoms with Crippen molar-refractivity contribution in [1.82, 2.24) is 10.3 Å². The fourth-order valence-corrected chi connectivity index (χ4v) is 2.76. The van der Waals surface area contributed by atoms with Crippen LogP contribution in [0.15, 0.2) is 60.8 Å². The zero-order valence-corrected chi connectivity index (χ0v) is 12.5. The van der Waals surface area contributed by atoms with Gasteiger partial charge in [0, 0.05) is 24.2 Å². The normalized spacial score (nSPS) is 12.5. The minimum Gasteiger partial charge on any atom is -0.306 e. The predicted octanol–water partition coefficient (Wildman–Crippen LogP) is 4.39. The van der Waals surface area contributed by atoms with Gasteiger partial charge >= 0.3 is 0 Å². The maximum atomic E-state index is 4.51. The van der Waals surface area contributed by atoms with Gasteiger partial charge in [0.1, 0.15) is 0 Å². The molecule has 0 aliphatic heterocycles. The van der Waals surface area contributed by atoms with Gasteiger partial charge in [-0.15, -0.1) is 0 Å². The molecule has 106 valence electrons. The number of hydrogen-bond acceptors (Lipinski definition) is 2. The van der Waals surface area contributed by atoms with Crippen molar-refractivity contribution in [2.24, 2.45) is 0 Å². The summed E-state index contributed by atoms with van der Waals surface area (Å²) in [5, 5.41) is 4.80. The van der Waals surface area contributed by atoms with Gasteiger partial charge < -0.3 is 5.32 Å². The van der Waals surface area contributed by atoms with Crippen molar-refractivity contribution in [3.63, 3.8) is 0 Å².